The number of pyridine rings is 2. The summed E-state index contributed by atoms with van der Waals surface area (Å²) in [5.74, 6) is 0.381. The molecule has 1 aliphatic heterocycles. The molecule has 2 aromatic rings. The molecule has 0 aliphatic carbocycles. The Hall–Kier alpha value is -2.13. The molecule has 1 N–H and O–H groups in total. The fourth-order valence-corrected chi connectivity index (χ4v) is 3.65. The standard InChI is InChI=1S/C18H19ClF3N5S/c1-26(17(28)25-13-3-2-6-23-11-13)14-4-7-27(8-5-14)16-15(19)9-12(10-24-16)18(20,21)22/h2-3,6,9-11,14H,4-5,7-8H2,1H3,(H,25,28). The van der Waals surface area contributed by atoms with Gasteiger partial charge in [0.1, 0.15) is 5.82 Å². The lowest BCUT2D eigenvalue weighted by molar-refractivity contribution is -0.137. The minimum Gasteiger partial charge on any atom is -0.355 e. The molecule has 0 spiro atoms. The molecule has 150 valence electrons. The second-order valence-corrected chi connectivity index (χ2v) is 7.32. The smallest absolute Gasteiger partial charge is 0.355 e. The Balaban J connectivity index is 1.59. The largest absolute Gasteiger partial charge is 0.417 e. The molecule has 0 bridgehead atoms. The Morgan fingerprint density at radius 3 is 2.61 bits per heavy atom. The summed E-state index contributed by atoms with van der Waals surface area (Å²) in [6, 6.07) is 4.84. The van der Waals surface area contributed by atoms with Crippen LogP contribution in [0.2, 0.25) is 5.02 Å². The van der Waals surface area contributed by atoms with E-state index < -0.39 is 11.7 Å². The van der Waals surface area contributed by atoms with Crippen molar-refractivity contribution in [2.45, 2.75) is 25.1 Å². The summed E-state index contributed by atoms with van der Waals surface area (Å²) in [4.78, 5) is 11.9. The second-order valence-electron chi connectivity index (χ2n) is 6.53. The van der Waals surface area contributed by atoms with E-state index in [0.29, 0.717) is 24.0 Å². The molecule has 0 saturated carbocycles. The molecule has 1 fully saturated rings. The number of nitrogens with one attached hydrogen (secondary N) is 1. The van der Waals surface area contributed by atoms with E-state index in [9.17, 15) is 13.2 Å². The van der Waals surface area contributed by atoms with Crippen molar-refractivity contribution in [3.05, 3.63) is 47.4 Å². The maximum absolute atomic E-state index is 12.8. The van der Waals surface area contributed by atoms with Gasteiger partial charge in [0.2, 0.25) is 0 Å². The summed E-state index contributed by atoms with van der Waals surface area (Å²) in [7, 11) is 1.93. The van der Waals surface area contributed by atoms with Gasteiger partial charge in [-0.1, -0.05) is 11.6 Å². The van der Waals surface area contributed by atoms with E-state index >= 15 is 0 Å². The highest BCUT2D eigenvalue weighted by atomic mass is 35.5. The molecule has 0 unspecified atom stereocenters. The highest BCUT2D eigenvalue weighted by molar-refractivity contribution is 7.80. The summed E-state index contributed by atoms with van der Waals surface area (Å²) in [5.41, 5.74) is -0.0276. The first kappa shape index (κ1) is 20.6. The molecule has 5 nitrogen and oxygen atoms in total. The Morgan fingerprint density at radius 1 is 1.32 bits per heavy atom. The van der Waals surface area contributed by atoms with Crippen molar-refractivity contribution in [2.75, 3.05) is 30.4 Å². The quantitative estimate of drug-likeness (QED) is 0.727. The van der Waals surface area contributed by atoms with E-state index in [1.54, 1.807) is 12.4 Å². The van der Waals surface area contributed by atoms with Crippen LogP contribution >= 0.6 is 23.8 Å². The Bertz CT molecular complexity index is 826. The van der Waals surface area contributed by atoms with Crippen LogP contribution in [0.25, 0.3) is 0 Å². The molecular weight excluding hydrogens is 411 g/mol. The van der Waals surface area contributed by atoms with E-state index in [0.717, 1.165) is 30.8 Å². The fraction of sp³-hybridized carbons (Fsp3) is 0.389. The van der Waals surface area contributed by atoms with Crippen molar-refractivity contribution in [3.63, 3.8) is 0 Å². The van der Waals surface area contributed by atoms with Gasteiger partial charge < -0.3 is 15.1 Å². The lowest BCUT2D eigenvalue weighted by Crippen LogP contribution is -2.47. The van der Waals surface area contributed by atoms with Gasteiger partial charge in [-0.25, -0.2) is 4.98 Å². The zero-order valence-corrected chi connectivity index (χ0v) is 16.7. The average molecular weight is 430 g/mol. The zero-order chi connectivity index (χ0) is 20.3. The molecule has 0 atom stereocenters. The fourth-order valence-electron chi connectivity index (χ4n) is 3.10. The van der Waals surface area contributed by atoms with Gasteiger partial charge in [0.25, 0.3) is 0 Å². The molecule has 0 amide bonds. The molecule has 10 heteroatoms. The molecule has 0 aromatic carbocycles. The van der Waals surface area contributed by atoms with Crippen LogP contribution in [0.1, 0.15) is 18.4 Å². The molecule has 1 saturated heterocycles. The van der Waals surface area contributed by atoms with Crippen LogP contribution < -0.4 is 10.2 Å². The summed E-state index contributed by atoms with van der Waals surface area (Å²) < 4.78 is 38.3. The number of hydrogen-bond acceptors (Lipinski definition) is 4. The first-order valence-electron chi connectivity index (χ1n) is 8.67. The van der Waals surface area contributed by atoms with Gasteiger partial charge in [0.15, 0.2) is 5.11 Å². The van der Waals surface area contributed by atoms with Gasteiger partial charge >= 0.3 is 6.18 Å². The summed E-state index contributed by atoms with van der Waals surface area (Å²) in [6.07, 6.45) is 1.32. The van der Waals surface area contributed by atoms with Crippen molar-refractivity contribution in [1.29, 1.82) is 0 Å². The van der Waals surface area contributed by atoms with Crippen LogP contribution in [-0.4, -0.2) is 46.2 Å². The van der Waals surface area contributed by atoms with Crippen LogP contribution in [-0.2, 0) is 6.18 Å². The third-order valence-corrected chi connectivity index (χ3v) is 5.36. The van der Waals surface area contributed by atoms with Crippen LogP contribution in [0.3, 0.4) is 0 Å². The first-order valence-corrected chi connectivity index (χ1v) is 9.46. The number of halogens is 4. The molecule has 1 aliphatic rings. The van der Waals surface area contributed by atoms with Gasteiger partial charge in [-0.15, -0.1) is 0 Å². The minimum absolute atomic E-state index is 0.00962. The maximum Gasteiger partial charge on any atom is 0.417 e. The summed E-state index contributed by atoms with van der Waals surface area (Å²) in [5, 5.41) is 3.76. The summed E-state index contributed by atoms with van der Waals surface area (Å²) >= 11 is 11.5. The monoisotopic (exact) mass is 429 g/mol. The number of hydrogen-bond donors (Lipinski definition) is 1. The number of aromatic nitrogens is 2. The Morgan fingerprint density at radius 2 is 2.04 bits per heavy atom. The maximum atomic E-state index is 12.8. The van der Waals surface area contributed by atoms with Gasteiger partial charge in [-0.3, -0.25) is 4.98 Å². The van der Waals surface area contributed by atoms with Crippen molar-refractivity contribution >= 4 is 40.4 Å². The van der Waals surface area contributed by atoms with E-state index in [1.165, 1.54) is 0 Å². The van der Waals surface area contributed by atoms with Gasteiger partial charge in [-0.2, -0.15) is 13.2 Å². The number of thiocarbonyl (C=S) groups is 1. The van der Waals surface area contributed by atoms with Gasteiger partial charge in [0.05, 0.1) is 22.5 Å². The molecular formula is C18H19ClF3N5S. The van der Waals surface area contributed by atoms with Crippen LogP contribution in [0.15, 0.2) is 36.8 Å². The van der Waals surface area contributed by atoms with Crippen molar-refractivity contribution in [1.82, 2.24) is 14.9 Å². The van der Waals surface area contributed by atoms with Crippen molar-refractivity contribution in [2.24, 2.45) is 0 Å². The average Bonchev–Trinajstić information content (AvgIpc) is 2.67. The zero-order valence-electron chi connectivity index (χ0n) is 15.1. The SMILES string of the molecule is CN(C(=S)Nc1cccnc1)C1CCN(c2ncc(C(F)(F)F)cc2Cl)CC1. The van der Waals surface area contributed by atoms with Crippen LogP contribution in [0.5, 0.6) is 0 Å². The number of alkyl halides is 3. The van der Waals surface area contributed by atoms with Crippen LogP contribution in [0.4, 0.5) is 24.7 Å². The minimum atomic E-state index is -4.46. The summed E-state index contributed by atoms with van der Waals surface area (Å²) in [6.45, 7) is 1.26. The molecule has 3 heterocycles. The van der Waals surface area contributed by atoms with E-state index in [4.69, 9.17) is 23.8 Å². The lowest BCUT2D eigenvalue weighted by atomic mass is 10.0. The van der Waals surface area contributed by atoms with Gasteiger partial charge in [-0.05, 0) is 43.3 Å². The lowest BCUT2D eigenvalue weighted by Gasteiger charge is -2.38. The van der Waals surface area contributed by atoms with E-state index in [1.807, 2.05) is 29.0 Å². The number of rotatable bonds is 3. The predicted octanol–water partition coefficient (Wildman–Crippen LogP) is 4.45. The Kier molecular flexibility index (Phi) is 6.24. The predicted molar refractivity (Wildman–Crippen MR) is 108 cm³/mol. The van der Waals surface area contributed by atoms with Crippen molar-refractivity contribution in [3.8, 4) is 0 Å². The molecule has 3 rings (SSSR count). The van der Waals surface area contributed by atoms with Crippen LogP contribution in [0, 0.1) is 0 Å². The number of nitrogens with zero attached hydrogens (tertiary/aromatic N) is 4. The first-order chi connectivity index (χ1) is 13.3. The number of piperidine rings is 1. The van der Waals surface area contributed by atoms with Crippen molar-refractivity contribution < 1.29 is 13.2 Å². The van der Waals surface area contributed by atoms with Gasteiger partial charge in [0, 0.05) is 38.6 Å². The molecule has 28 heavy (non-hydrogen) atoms. The normalized spacial score (nSPS) is 15.4. The third kappa shape index (κ3) is 4.82. The Labute approximate surface area is 171 Å². The highest BCUT2D eigenvalue weighted by Gasteiger charge is 2.32. The number of anilines is 2. The second kappa shape index (κ2) is 8.48. The molecule has 0 radical (unpaired) electrons. The third-order valence-electron chi connectivity index (χ3n) is 4.69. The van der Waals surface area contributed by atoms with E-state index in [2.05, 4.69) is 15.3 Å². The highest BCUT2D eigenvalue weighted by Crippen LogP contribution is 2.34. The molecule has 2 aromatic heterocycles. The van der Waals surface area contributed by atoms with E-state index in [-0.39, 0.29) is 11.1 Å². The topological polar surface area (TPSA) is 44.3 Å².